The Morgan fingerprint density at radius 2 is 1.61 bits per heavy atom. The molecule has 0 bridgehead atoms. The van der Waals surface area contributed by atoms with Gasteiger partial charge in [0.05, 0.1) is 0 Å². The van der Waals surface area contributed by atoms with Gasteiger partial charge in [-0.25, -0.2) is 4.39 Å². The number of nitriles is 1. The molecule has 0 fully saturated rings. The van der Waals surface area contributed by atoms with E-state index in [4.69, 9.17) is 0 Å². The minimum atomic E-state index is -0.516. The van der Waals surface area contributed by atoms with Gasteiger partial charge in [0.1, 0.15) is 23.2 Å². The van der Waals surface area contributed by atoms with Crippen molar-refractivity contribution in [3.63, 3.8) is 0 Å². The summed E-state index contributed by atoms with van der Waals surface area (Å²) < 4.78 is 13.0. The number of hydrogen-bond donors (Lipinski definition) is 2. The molecular weight excluding hydrogens is 295 g/mol. The van der Waals surface area contributed by atoms with Crippen LogP contribution >= 0.6 is 0 Å². The van der Waals surface area contributed by atoms with Crippen molar-refractivity contribution < 1.29 is 9.50 Å². The molecular formula is C18H11FN2O2. The Bertz CT molecular complexity index is 952. The van der Waals surface area contributed by atoms with E-state index in [1.54, 1.807) is 30.3 Å². The number of aromatic nitrogens is 1. The Kier molecular flexibility index (Phi) is 3.65. The molecule has 4 nitrogen and oxygen atoms in total. The van der Waals surface area contributed by atoms with Gasteiger partial charge in [-0.2, -0.15) is 5.26 Å². The lowest BCUT2D eigenvalue weighted by Gasteiger charge is -2.08. The zero-order chi connectivity index (χ0) is 16.4. The maximum atomic E-state index is 13.0. The van der Waals surface area contributed by atoms with Crippen LogP contribution in [0.4, 0.5) is 4.39 Å². The van der Waals surface area contributed by atoms with Gasteiger partial charge in [-0.05, 0) is 53.6 Å². The fraction of sp³-hybridized carbons (Fsp3) is 0. The molecule has 0 atom stereocenters. The van der Waals surface area contributed by atoms with Gasteiger partial charge in [0.25, 0.3) is 5.56 Å². The first-order valence-electron chi connectivity index (χ1n) is 6.81. The molecule has 0 spiro atoms. The number of aromatic amines is 1. The smallest absolute Gasteiger partial charge is 0.266 e. The number of benzene rings is 2. The van der Waals surface area contributed by atoms with E-state index in [-0.39, 0.29) is 17.1 Å². The van der Waals surface area contributed by atoms with Crippen LogP contribution in [-0.4, -0.2) is 10.1 Å². The summed E-state index contributed by atoms with van der Waals surface area (Å²) in [5, 5.41) is 18.6. The number of aromatic hydroxyl groups is 1. The van der Waals surface area contributed by atoms with Crippen molar-refractivity contribution >= 4 is 0 Å². The highest BCUT2D eigenvalue weighted by Crippen LogP contribution is 2.27. The molecule has 2 aromatic carbocycles. The molecule has 112 valence electrons. The highest BCUT2D eigenvalue weighted by atomic mass is 19.1. The number of nitrogens with zero attached hydrogens (tertiary/aromatic N) is 1. The van der Waals surface area contributed by atoms with Crippen LogP contribution in [-0.2, 0) is 0 Å². The third-order valence-corrected chi connectivity index (χ3v) is 3.48. The Hall–Kier alpha value is -3.39. The molecule has 1 heterocycles. The zero-order valence-corrected chi connectivity index (χ0v) is 11.9. The summed E-state index contributed by atoms with van der Waals surface area (Å²) in [6.45, 7) is 0. The van der Waals surface area contributed by atoms with Crippen LogP contribution in [0.25, 0.3) is 22.4 Å². The summed E-state index contributed by atoms with van der Waals surface area (Å²) in [4.78, 5) is 14.8. The summed E-state index contributed by atoms with van der Waals surface area (Å²) in [6.07, 6.45) is 0. The van der Waals surface area contributed by atoms with Crippen molar-refractivity contribution in [3.05, 3.63) is 76.3 Å². The van der Waals surface area contributed by atoms with E-state index in [2.05, 4.69) is 4.98 Å². The lowest BCUT2D eigenvalue weighted by atomic mass is 9.99. The second-order valence-electron chi connectivity index (χ2n) is 4.97. The molecule has 0 saturated carbocycles. The highest BCUT2D eigenvalue weighted by molar-refractivity contribution is 5.75. The molecule has 0 aliphatic rings. The van der Waals surface area contributed by atoms with E-state index < -0.39 is 5.56 Å². The van der Waals surface area contributed by atoms with Crippen LogP contribution in [0.1, 0.15) is 5.56 Å². The van der Waals surface area contributed by atoms with Crippen molar-refractivity contribution in [3.8, 4) is 34.2 Å². The number of pyridine rings is 1. The Labute approximate surface area is 131 Å². The van der Waals surface area contributed by atoms with Crippen LogP contribution in [0.15, 0.2) is 59.4 Å². The average molecular weight is 306 g/mol. The predicted molar refractivity (Wildman–Crippen MR) is 84.3 cm³/mol. The standard InChI is InChI=1S/C18H11FN2O2/c19-13-5-1-12(2-6-13)17-9-15(16(10-20)18(23)21-17)11-3-7-14(22)8-4-11/h1-9,22H,(H,21,23). The first-order valence-corrected chi connectivity index (χ1v) is 6.81. The van der Waals surface area contributed by atoms with Gasteiger partial charge in [-0.1, -0.05) is 12.1 Å². The topological polar surface area (TPSA) is 76.9 Å². The Balaban J connectivity index is 2.22. The number of halogens is 1. The molecule has 0 saturated heterocycles. The predicted octanol–water partition coefficient (Wildman–Crippen LogP) is 3.43. The third-order valence-electron chi connectivity index (χ3n) is 3.48. The highest BCUT2D eigenvalue weighted by Gasteiger charge is 2.12. The normalized spacial score (nSPS) is 10.3. The van der Waals surface area contributed by atoms with Crippen LogP contribution in [0, 0.1) is 17.1 Å². The lowest BCUT2D eigenvalue weighted by Crippen LogP contribution is -2.12. The molecule has 3 rings (SSSR count). The van der Waals surface area contributed by atoms with Crippen molar-refractivity contribution in [1.29, 1.82) is 5.26 Å². The van der Waals surface area contributed by atoms with E-state index in [0.717, 1.165) is 0 Å². The third kappa shape index (κ3) is 2.83. The maximum Gasteiger partial charge on any atom is 0.266 e. The number of H-pyrrole nitrogens is 1. The quantitative estimate of drug-likeness (QED) is 0.761. The number of rotatable bonds is 2. The molecule has 5 heteroatoms. The van der Waals surface area contributed by atoms with E-state index in [0.29, 0.717) is 22.4 Å². The van der Waals surface area contributed by atoms with Crippen LogP contribution in [0.2, 0.25) is 0 Å². The van der Waals surface area contributed by atoms with Crippen LogP contribution < -0.4 is 5.56 Å². The molecule has 0 radical (unpaired) electrons. The number of hydrogen-bond acceptors (Lipinski definition) is 3. The summed E-state index contributed by atoms with van der Waals surface area (Å²) >= 11 is 0. The fourth-order valence-corrected chi connectivity index (χ4v) is 2.32. The van der Waals surface area contributed by atoms with E-state index in [9.17, 15) is 19.6 Å². The molecule has 2 N–H and O–H groups in total. The van der Waals surface area contributed by atoms with Crippen LogP contribution in [0.5, 0.6) is 5.75 Å². The summed E-state index contributed by atoms with van der Waals surface area (Å²) in [5.74, 6) is -0.278. The second-order valence-corrected chi connectivity index (χ2v) is 4.97. The largest absolute Gasteiger partial charge is 0.508 e. The molecule has 0 unspecified atom stereocenters. The minimum absolute atomic E-state index is 0.0125. The number of phenols is 1. The molecule has 0 amide bonds. The van der Waals surface area contributed by atoms with Crippen molar-refractivity contribution in [2.75, 3.05) is 0 Å². The molecule has 23 heavy (non-hydrogen) atoms. The minimum Gasteiger partial charge on any atom is -0.508 e. The van der Waals surface area contributed by atoms with Gasteiger partial charge >= 0.3 is 0 Å². The van der Waals surface area contributed by atoms with Crippen molar-refractivity contribution in [1.82, 2.24) is 4.98 Å². The van der Waals surface area contributed by atoms with Gasteiger partial charge in [0.15, 0.2) is 0 Å². The van der Waals surface area contributed by atoms with Gasteiger partial charge < -0.3 is 10.1 Å². The monoisotopic (exact) mass is 306 g/mol. The SMILES string of the molecule is N#Cc1c(-c2ccc(O)cc2)cc(-c2ccc(F)cc2)[nH]c1=O. The van der Waals surface area contributed by atoms with E-state index in [1.165, 1.54) is 24.3 Å². The number of nitrogens with one attached hydrogen (secondary N) is 1. The molecule has 1 aromatic heterocycles. The summed E-state index contributed by atoms with van der Waals surface area (Å²) in [6, 6.07) is 15.5. The summed E-state index contributed by atoms with van der Waals surface area (Å²) in [7, 11) is 0. The van der Waals surface area contributed by atoms with Gasteiger partial charge in [0, 0.05) is 11.3 Å². The van der Waals surface area contributed by atoms with Crippen LogP contribution in [0.3, 0.4) is 0 Å². The first-order chi connectivity index (χ1) is 11.1. The molecule has 0 aliphatic heterocycles. The van der Waals surface area contributed by atoms with Gasteiger partial charge in [0.2, 0.25) is 0 Å². The summed E-state index contributed by atoms with van der Waals surface area (Å²) in [5.41, 5.74) is 1.67. The number of phenolic OH excluding ortho intramolecular Hbond substituents is 1. The van der Waals surface area contributed by atoms with E-state index in [1.807, 2.05) is 6.07 Å². The Morgan fingerprint density at radius 3 is 2.22 bits per heavy atom. The van der Waals surface area contributed by atoms with Crippen molar-refractivity contribution in [2.24, 2.45) is 0 Å². The zero-order valence-electron chi connectivity index (χ0n) is 11.9. The van der Waals surface area contributed by atoms with Gasteiger partial charge in [-0.3, -0.25) is 4.79 Å². The van der Waals surface area contributed by atoms with Crippen molar-refractivity contribution in [2.45, 2.75) is 0 Å². The van der Waals surface area contributed by atoms with Gasteiger partial charge in [-0.15, -0.1) is 0 Å². The second kappa shape index (κ2) is 5.78. The van der Waals surface area contributed by atoms with E-state index >= 15 is 0 Å². The lowest BCUT2D eigenvalue weighted by molar-refractivity contribution is 0.475. The fourth-order valence-electron chi connectivity index (χ4n) is 2.32. The maximum absolute atomic E-state index is 13.0. The molecule has 3 aromatic rings. The molecule has 0 aliphatic carbocycles. The first kappa shape index (κ1) is 14.5. The average Bonchev–Trinajstić information content (AvgIpc) is 2.55. The Morgan fingerprint density at radius 1 is 1.00 bits per heavy atom.